The van der Waals surface area contributed by atoms with Crippen molar-refractivity contribution in [2.45, 2.75) is 25.5 Å². The lowest BCUT2D eigenvalue weighted by molar-refractivity contribution is -0.145. The second-order valence-corrected chi connectivity index (χ2v) is 6.62. The van der Waals surface area contributed by atoms with Crippen LogP contribution in [0.25, 0.3) is 21.7 Å². The summed E-state index contributed by atoms with van der Waals surface area (Å²) in [4.78, 5) is 14.5. The van der Waals surface area contributed by atoms with Crippen LogP contribution in [0.4, 0.5) is 0 Å². The molecule has 25 heavy (non-hydrogen) atoms. The largest absolute Gasteiger partial charge is 0.461 e. The third kappa shape index (κ3) is 3.01. The van der Waals surface area contributed by atoms with Crippen LogP contribution in [-0.4, -0.2) is 47.8 Å². The van der Waals surface area contributed by atoms with E-state index in [1.807, 2.05) is 37.3 Å². The zero-order valence-electron chi connectivity index (χ0n) is 14.1. The number of ether oxygens (including phenoxy) is 1. The minimum atomic E-state index is -0.306. The molecule has 2 aromatic carbocycles. The number of aliphatic hydroxyl groups excluding tert-OH is 1. The molecule has 1 N–H and O–H groups in total. The van der Waals surface area contributed by atoms with Gasteiger partial charge in [-0.25, -0.2) is 0 Å². The van der Waals surface area contributed by atoms with E-state index in [-0.39, 0.29) is 31.1 Å². The first-order valence-corrected chi connectivity index (χ1v) is 8.58. The van der Waals surface area contributed by atoms with E-state index in [4.69, 9.17) is 9.15 Å². The molecule has 0 saturated carbocycles. The Morgan fingerprint density at radius 2 is 2.08 bits per heavy atom. The van der Waals surface area contributed by atoms with Gasteiger partial charge in [0.2, 0.25) is 5.91 Å². The molecule has 1 fully saturated rings. The van der Waals surface area contributed by atoms with Crippen molar-refractivity contribution >= 4 is 27.6 Å². The molecule has 130 valence electrons. The SMILES string of the molecule is C[C@H]1CO[C@@H](CO)CN1C(=O)Cc1cc2c(ccc3ccccc32)o1. The van der Waals surface area contributed by atoms with Crippen LogP contribution in [0, 0.1) is 0 Å². The van der Waals surface area contributed by atoms with Gasteiger partial charge in [0.05, 0.1) is 31.8 Å². The minimum Gasteiger partial charge on any atom is -0.461 e. The summed E-state index contributed by atoms with van der Waals surface area (Å²) in [5.74, 6) is 0.660. The van der Waals surface area contributed by atoms with Crippen molar-refractivity contribution < 1.29 is 19.1 Å². The summed E-state index contributed by atoms with van der Waals surface area (Å²) in [6.07, 6.45) is -0.0920. The highest BCUT2D eigenvalue weighted by Gasteiger charge is 2.29. The number of benzene rings is 2. The molecule has 5 heteroatoms. The van der Waals surface area contributed by atoms with Gasteiger partial charge in [0.25, 0.3) is 0 Å². The molecule has 1 aliphatic rings. The fourth-order valence-corrected chi connectivity index (χ4v) is 3.46. The number of nitrogens with zero attached hydrogens (tertiary/aromatic N) is 1. The summed E-state index contributed by atoms with van der Waals surface area (Å²) in [5.41, 5.74) is 0.796. The van der Waals surface area contributed by atoms with Crippen LogP contribution >= 0.6 is 0 Å². The van der Waals surface area contributed by atoms with Gasteiger partial charge in [-0.1, -0.05) is 30.3 Å². The average molecular weight is 339 g/mol. The standard InChI is InChI=1S/C20H21NO4/c1-13-12-24-16(11-22)10-21(13)20(23)9-15-8-18-17-5-3-2-4-14(17)6-7-19(18)25-15/h2-8,13,16,22H,9-12H2,1H3/t13-,16+/m0/s1. The molecule has 0 unspecified atom stereocenters. The summed E-state index contributed by atoms with van der Waals surface area (Å²) in [7, 11) is 0. The van der Waals surface area contributed by atoms with E-state index in [9.17, 15) is 9.90 Å². The fraction of sp³-hybridized carbons (Fsp3) is 0.350. The minimum absolute atomic E-state index is 0.000471. The van der Waals surface area contributed by atoms with Crippen LogP contribution in [0.3, 0.4) is 0 Å². The molecule has 1 saturated heterocycles. The van der Waals surface area contributed by atoms with Crippen molar-refractivity contribution in [2.24, 2.45) is 0 Å². The molecule has 0 bridgehead atoms. The van der Waals surface area contributed by atoms with E-state index >= 15 is 0 Å². The van der Waals surface area contributed by atoms with Crippen molar-refractivity contribution in [3.63, 3.8) is 0 Å². The molecule has 1 aliphatic heterocycles. The first-order chi connectivity index (χ1) is 12.2. The maximum atomic E-state index is 12.7. The maximum absolute atomic E-state index is 12.7. The Kier molecular flexibility index (Phi) is 4.19. The fourth-order valence-electron chi connectivity index (χ4n) is 3.46. The van der Waals surface area contributed by atoms with E-state index in [1.165, 1.54) is 0 Å². The maximum Gasteiger partial charge on any atom is 0.230 e. The van der Waals surface area contributed by atoms with Gasteiger partial charge in [-0.3, -0.25) is 4.79 Å². The summed E-state index contributed by atoms with van der Waals surface area (Å²) in [6.45, 7) is 2.74. The van der Waals surface area contributed by atoms with Gasteiger partial charge in [-0.2, -0.15) is 0 Å². The molecule has 4 rings (SSSR count). The van der Waals surface area contributed by atoms with Crippen LogP contribution in [0.1, 0.15) is 12.7 Å². The first-order valence-electron chi connectivity index (χ1n) is 8.58. The predicted molar refractivity (Wildman–Crippen MR) is 95.4 cm³/mol. The molecule has 5 nitrogen and oxygen atoms in total. The molecule has 0 aliphatic carbocycles. The number of aliphatic hydroxyl groups is 1. The van der Waals surface area contributed by atoms with Crippen molar-refractivity contribution in [3.8, 4) is 0 Å². The van der Waals surface area contributed by atoms with E-state index in [2.05, 4.69) is 12.1 Å². The number of carbonyl (C=O) groups is 1. The molecule has 1 amide bonds. The number of rotatable bonds is 3. The zero-order valence-corrected chi connectivity index (χ0v) is 14.1. The second kappa shape index (κ2) is 6.50. The van der Waals surface area contributed by atoms with Crippen LogP contribution < -0.4 is 0 Å². The first kappa shape index (κ1) is 16.1. The normalized spacial score (nSPS) is 21.1. The number of amides is 1. The van der Waals surface area contributed by atoms with Gasteiger partial charge in [-0.05, 0) is 29.8 Å². The molecule has 3 aromatic rings. The third-order valence-electron chi connectivity index (χ3n) is 4.83. The van der Waals surface area contributed by atoms with Gasteiger partial charge < -0.3 is 19.2 Å². The Hall–Kier alpha value is -2.37. The zero-order chi connectivity index (χ0) is 17.4. The van der Waals surface area contributed by atoms with Crippen LogP contribution in [-0.2, 0) is 16.0 Å². The number of furan rings is 1. The number of fused-ring (bicyclic) bond motifs is 3. The highest BCUT2D eigenvalue weighted by molar-refractivity contribution is 6.06. The van der Waals surface area contributed by atoms with Gasteiger partial charge >= 0.3 is 0 Å². The lowest BCUT2D eigenvalue weighted by atomic mass is 10.1. The van der Waals surface area contributed by atoms with E-state index in [1.54, 1.807) is 4.90 Å². The Morgan fingerprint density at radius 3 is 2.92 bits per heavy atom. The number of hydrogen-bond acceptors (Lipinski definition) is 4. The predicted octanol–water partition coefficient (Wildman–Crippen LogP) is 2.74. The number of hydrogen-bond donors (Lipinski definition) is 1. The van der Waals surface area contributed by atoms with Crippen molar-refractivity contribution in [2.75, 3.05) is 19.8 Å². The van der Waals surface area contributed by atoms with Crippen molar-refractivity contribution in [1.82, 2.24) is 4.90 Å². The van der Waals surface area contributed by atoms with Crippen molar-refractivity contribution in [1.29, 1.82) is 0 Å². The quantitative estimate of drug-likeness (QED) is 0.797. The third-order valence-corrected chi connectivity index (χ3v) is 4.83. The van der Waals surface area contributed by atoms with Crippen LogP contribution in [0.15, 0.2) is 46.9 Å². The summed E-state index contributed by atoms with van der Waals surface area (Å²) < 4.78 is 11.4. The van der Waals surface area contributed by atoms with E-state index in [0.29, 0.717) is 18.9 Å². The Labute approximate surface area is 145 Å². The topological polar surface area (TPSA) is 62.9 Å². The molecule has 0 spiro atoms. The molecular weight excluding hydrogens is 318 g/mol. The average Bonchev–Trinajstić information content (AvgIpc) is 3.05. The summed E-state index contributed by atoms with van der Waals surface area (Å²) in [5, 5.41) is 12.6. The molecule has 1 aromatic heterocycles. The molecule has 0 radical (unpaired) electrons. The lowest BCUT2D eigenvalue weighted by Gasteiger charge is -2.37. The highest BCUT2D eigenvalue weighted by Crippen LogP contribution is 2.28. The Balaban J connectivity index is 1.60. The second-order valence-electron chi connectivity index (χ2n) is 6.62. The van der Waals surface area contributed by atoms with Gasteiger partial charge in [0.15, 0.2) is 0 Å². The van der Waals surface area contributed by atoms with Crippen LogP contribution in [0.5, 0.6) is 0 Å². The monoisotopic (exact) mass is 339 g/mol. The Morgan fingerprint density at radius 1 is 1.24 bits per heavy atom. The lowest BCUT2D eigenvalue weighted by Crippen LogP contribution is -2.52. The van der Waals surface area contributed by atoms with Gasteiger partial charge in [-0.15, -0.1) is 0 Å². The highest BCUT2D eigenvalue weighted by atomic mass is 16.5. The van der Waals surface area contributed by atoms with E-state index < -0.39 is 0 Å². The molecule has 2 atom stereocenters. The smallest absolute Gasteiger partial charge is 0.230 e. The van der Waals surface area contributed by atoms with Crippen LogP contribution in [0.2, 0.25) is 0 Å². The number of carbonyl (C=O) groups excluding carboxylic acids is 1. The Bertz CT molecular complexity index is 916. The van der Waals surface area contributed by atoms with Gasteiger partial charge in [0.1, 0.15) is 11.3 Å². The van der Waals surface area contributed by atoms with Gasteiger partial charge in [0, 0.05) is 11.9 Å². The van der Waals surface area contributed by atoms with E-state index in [0.717, 1.165) is 21.7 Å². The van der Waals surface area contributed by atoms with Crippen molar-refractivity contribution in [3.05, 3.63) is 48.2 Å². The molecular formula is C20H21NO4. The summed E-state index contributed by atoms with van der Waals surface area (Å²) >= 11 is 0. The summed E-state index contributed by atoms with van der Waals surface area (Å²) in [6, 6.07) is 14.1. The number of morpholine rings is 1. The molecule has 2 heterocycles.